The predicted molar refractivity (Wildman–Crippen MR) is 122 cm³/mol. The molecular formula is C21H33N3O4S2. The third kappa shape index (κ3) is 6.94. The first-order chi connectivity index (χ1) is 14.1. The molecule has 0 radical (unpaired) electrons. The molecule has 1 heterocycles. The molecule has 0 amide bonds. The van der Waals surface area contributed by atoms with Crippen molar-refractivity contribution < 1.29 is 18.3 Å². The van der Waals surface area contributed by atoms with Crippen LogP contribution in [0.25, 0.3) is 0 Å². The van der Waals surface area contributed by atoms with E-state index in [-0.39, 0.29) is 4.90 Å². The van der Waals surface area contributed by atoms with Crippen LogP contribution in [0.2, 0.25) is 0 Å². The van der Waals surface area contributed by atoms with Crippen molar-refractivity contribution in [3.8, 4) is 5.75 Å². The Labute approximate surface area is 184 Å². The minimum atomic E-state index is -3.77. The summed E-state index contributed by atoms with van der Waals surface area (Å²) in [6.45, 7) is 7.11. The molecule has 1 aromatic heterocycles. The summed E-state index contributed by atoms with van der Waals surface area (Å²) in [5.74, 6) is 0.653. The van der Waals surface area contributed by atoms with Crippen molar-refractivity contribution in [1.29, 1.82) is 0 Å². The predicted octanol–water partition coefficient (Wildman–Crippen LogP) is 3.68. The Morgan fingerprint density at radius 3 is 2.57 bits per heavy atom. The smallest absolute Gasteiger partial charge is 0.263 e. The number of aliphatic hydroxyl groups is 1. The van der Waals surface area contributed by atoms with E-state index in [9.17, 15) is 13.5 Å². The van der Waals surface area contributed by atoms with Crippen LogP contribution in [0.15, 0.2) is 28.5 Å². The molecule has 0 aliphatic heterocycles. The molecule has 0 saturated heterocycles. The zero-order valence-corrected chi connectivity index (χ0v) is 20.1. The van der Waals surface area contributed by atoms with Gasteiger partial charge in [0.05, 0.1) is 22.8 Å². The van der Waals surface area contributed by atoms with Crippen molar-refractivity contribution in [1.82, 2.24) is 9.88 Å². The van der Waals surface area contributed by atoms with E-state index >= 15 is 0 Å². The lowest BCUT2D eigenvalue weighted by atomic mass is 9.92. The maximum absolute atomic E-state index is 12.8. The van der Waals surface area contributed by atoms with Gasteiger partial charge in [-0.3, -0.25) is 4.72 Å². The lowest BCUT2D eigenvalue weighted by Gasteiger charge is -2.23. The van der Waals surface area contributed by atoms with Gasteiger partial charge in [-0.2, -0.15) is 0 Å². The fourth-order valence-electron chi connectivity index (χ4n) is 3.03. The Morgan fingerprint density at radius 2 is 1.97 bits per heavy atom. The maximum Gasteiger partial charge on any atom is 0.263 e. The van der Waals surface area contributed by atoms with Crippen LogP contribution in [0, 0.1) is 6.92 Å². The van der Waals surface area contributed by atoms with Crippen molar-refractivity contribution in [2.24, 2.45) is 0 Å². The molecule has 1 aromatic carbocycles. The third-order valence-electron chi connectivity index (χ3n) is 5.05. The number of ether oxygens (including phenoxy) is 1. The average molecular weight is 456 g/mol. The number of aromatic nitrogens is 1. The normalized spacial score (nSPS) is 12.4. The van der Waals surface area contributed by atoms with Crippen molar-refractivity contribution in [2.45, 2.75) is 57.0 Å². The van der Waals surface area contributed by atoms with Crippen LogP contribution in [-0.2, 0) is 16.4 Å². The van der Waals surface area contributed by atoms with Gasteiger partial charge >= 0.3 is 0 Å². The van der Waals surface area contributed by atoms with Gasteiger partial charge in [0.1, 0.15) is 5.75 Å². The van der Waals surface area contributed by atoms with Gasteiger partial charge in [-0.25, -0.2) is 13.4 Å². The molecule has 0 spiro atoms. The van der Waals surface area contributed by atoms with Crippen molar-refractivity contribution in [3.05, 3.63) is 34.8 Å². The summed E-state index contributed by atoms with van der Waals surface area (Å²) in [5, 5.41) is 12.6. The van der Waals surface area contributed by atoms with Crippen LogP contribution in [-0.4, -0.2) is 56.3 Å². The van der Waals surface area contributed by atoms with E-state index in [1.54, 1.807) is 30.5 Å². The van der Waals surface area contributed by atoms with Gasteiger partial charge in [0, 0.05) is 18.3 Å². The highest BCUT2D eigenvalue weighted by Crippen LogP contribution is 2.27. The molecule has 0 bridgehead atoms. The second kappa shape index (κ2) is 10.6. The zero-order valence-electron chi connectivity index (χ0n) is 18.4. The highest BCUT2D eigenvalue weighted by molar-refractivity contribution is 7.93. The number of sulfonamides is 1. The standard InChI is InChI=1S/C21H33N3O4S2/c1-6-21(25,7-2)14-17-15-29-20(22-17)23-30(26,27)19-10-9-18(13-16(19)3)28-12-8-11-24(4)5/h9-10,13,15,25H,6-8,11-12,14H2,1-5H3,(H,22,23). The van der Waals surface area contributed by atoms with Crippen LogP contribution in [0.1, 0.15) is 44.4 Å². The SMILES string of the molecule is CCC(O)(CC)Cc1csc(NS(=O)(=O)c2ccc(OCCCN(C)C)cc2C)n1. The minimum absolute atomic E-state index is 0.193. The summed E-state index contributed by atoms with van der Waals surface area (Å²) in [7, 11) is 0.254. The van der Waals surface area contributed by atoms with Gasteiger partial charge < -0.3 is 14.7 Å². The molecule has 0 aliphatic rings. The van der Waals surface area contributed by atoms with E-state index in [1.165, 1.54) is 11.3 Å². The molecule has 0 fully saturated rings. The summed E-state index contributed by atoms with van der Waals surface area (Å²) in [6, 6.07) is 4.97. The molecule has 30 heavy (non-hydrogen) atoms. The molecule has 9 heteroatoms. The van der Waals surface area contributed by atoms with Crippen LogP contribution in [0.4, 0.5) is 5.13 Å². The topological polar surface area (TPSA) is 91.8 Å². The molecule has 168 valence electrons. The summed E-state index contributed by atoms with van der Waals surface area (Å²) < 4.78 is 33.9. The van der Waals surface area contributed by atoms with Gasteiger partial charge in [-0.05, 0) is 64.0 Å². The molecule has 0 saturated carbocycles. The van der Waals surface area contributed by atoms with Crippen molar-refractivity contribution in [2.75, 3.05) is 32.0 Å². The first-order valence-electron chi connectivity index (χ1n) is 10.2. The van der Waals surface area contributed by atoms with E-state index in [2.05, 4.69) is 14.6 Å². The molecule has 0 aliphatic carbocycles. The van der Waals surface area contributed by atoms with Crippen LogP contribution >= 0.6 is 11.3 Å². The third-order valence-corrected chi connectivity index (χ3v) is 7.49. The number of benzene rings is 1. The lowest BCUT2D eigenvalue weighted by Crippen LogP contribution is -2.29. The first-order valence-corrected chi connectivity index (χ1v) is 12.5. The minimum Gasteiger partial charge on any atom is -0.494 e. The van der Waals surface area contributed by atoms with E-state index in [1.807, 2.05) is 27.9 Å². The van der Waals surface area contributed by atoms with E-state index in [0.717, 1.165) is 13.0 Å². The van der Waals surface area contributed by atoms with Gasteiger partial charge in [-0.15, -0.1) is 11.3 Å². The number of anilines is 1. The Balaban J connectivity index is 2.05. The molecule has 0 unspecified atom stereocenters. The maximum atomic E-state index is 12.8. The average Bonchev–Trinajstić information content (AvgIpc) is 3.10. The second-order valence-electron chi connectivity index (χ2n) is 7.79. The van der Waals surface area contributed by atoms with Gasteiger partial charge in [0.15, 0.2) is 5.13 Å². The molecule has 2 aromatic rings. The summed E-state index contributed by atoms with van der Waals surface area (Å²) in [4.78, 5) is 6.63. The van der Waals surface area contributed by atoms with Crippen LogP contribution < -0.4 is 9.46 Å². The fourth-order valence-corrected chi connectivity index (χ4v) is 5.22. The number of thiazole rings is 1. The Hall–Kier alpha value is -1.68. The monoisotopic (exact) mass is 455 g/mol. The Kier molecular flexibility index (Phi) is 8.66. The van der Waals surface area contributed by atoms with E-state index < -0.39 is 15.6 Å². The number of hydrogen-bond acceptors (Lipinski definition) is 7. The number of nitrogens with one attached hydrogen (secondary N) is 1. The Morgan fingerprint density at radius 1 is 1.27 bits per heavy atom. The summed E-state index contributed by atoms with van der Waals surface area (Å²) in [6.07, 6.45) is 2.53. The molecule has 2 rings (SSSR count). The number of hydrogen-bond donors (Lipinski definition) is 2. The van der Waals surface area contributed by atoms with E-state index in [0.29, 0.717) is 48.0 Å². The van der Waals surface area contributed by atoms with Crippen LogP contribution in [0.3, 0.4) is 0 Å². The van der Waals surface area contributed by atoms with E-state index in [4.69, 9.17) is 4.74 Å². The molecule has 0 atom stereocenters. The lowest BCUT2D eigenvalue weighted by molar-refractivity contribution is 0.0319. The fraction of sp³-hybridized carbons (Fsp3) is 0.571. The highest BCUT2D eigenvalue weighted by Gasteiger charge is 2.25. The quantitative estimate of drug-likeness (QED) is 0.475. The summed E-state index contributed by atoms with van der Waals surface area (Å²) in [5.41, 5.74) is 0.473. The number of aryl methyl sites for hydroxylation is 1. The zero-order chi connectivity index (χ0) is 22.4. The first kappa shape index (κ1) is 24.6. The number of nitrogens with zero attached hydrogens (tertiary/aromatic N) is 2. The molecule has 2 N–H and O–H groups in total. The number of rotatable bonds is 12. The van der Waals surface area contributed by atoms with Gasteiger partial charge in [0.2, 0.25) is 0 Å². The summed E-state index contributed by atoms with van der Waals surface area (Å²) >= 11 is 1.22. The van der Waals surface area contributed by atoms with Gasteiger partial charge in [-0.1, -0.05) is 13.8 Å². The van der Waals surface area contributed by atoms with Crippen molar-refractivity contribution >= 4 is 26.5 Å². The van der Waals surface area contributed by atoms with Crippen molar-refractivity contribution in [3.63, 3.8) is 0 Å². The molecule has 7 nitrogen and oxygen atoms in total. The van der Waals surface area contributed by atoms with Crippen LogP contribution in [0.5, 0.6) is 5.75 Å². The Bertz CT molecular complexity index is 922. The largest absolute Gasteiger partial charge is 0.494 e. The molecular weight excluding hydrogens is 422 g/mol. The highest BCUT2D eigenvalue weighted by atomic mass is 32.2. The van der Waals surface area contributed by atoms with Gasteiger partial charge in [0.25, 0.3) is 10.0 Å². The second-order valence-corrected chi connectivity index (χ2v) is 10.3.